The van der Waals surface area contributed by atoms with Crippen molar-refractivity contribution < 1.29 is 14.3 Å². The lowest BCUT2D eigenvalue weighted by Crippen LogP contribution is -2.16. The molecule has 3 aromatic rings. The highest BCUT2D eigenvalue weighted by atomic mass is 79.9. The molecule has 3 N–H and O–H groups in total. The smallest absolute Gasteiger partial charge is 0.278 e. The highest BCUT2D eigenvalue weighted by Crippen LogP contribution is 2.26. The van der Waals surface area contributed by atoms with Crippen LogP contribution in [-0.2, 0) is 0 Å². The summed E-state index contributed by atoms with van der Waals surface area (Å²) in [6.07, 6.45) is 0. The van der Waals surface area contributed by atoms with Crippen LogP contribution < -0.4 is 15.8 Å². The van der Waals surface area contributed by atoms with Crippen LogP contribution in [0.5, 0.6) is 5.75 Å². The number of methoxy groups -OCH3 is 1. The van der Waals surface area contributed by atoms with Crippen molar-refractivity contribution in [3.05, 3.63) is 63.9 Å². The first-order valence-corrected chi connectivity index (χ1v) is 8.67. The second kappa shape index (κ2) is 7.58. The Bertz CT molecular complexity index is 1030. The molecular formula is C18H16BrN5O3. The molecule has 1 heterocycles. The van der Waals surface area contributed by atoms with E-state index in [1.807, 2.05) is 24.3 Å². The summed E-state index contributed by atoms with van der Waals surface area (Å²) in [6, 6.07) is 12.0. The molecule has 2 aromatic carbocycles. The molecule has 0 aliphatic rings. The summed E-state index contributed by atoms with van der Waals surface area (Å²) >= 11 is 3.41. The number of rotatable bonds is 5. The number of nitrogens with one attached hydrogen (secondary N) is 1. The van der Waals surface area contributed by atoms with Gasteiger partial charge in [0, 0.05) is 10.0 Å². The number of ether oxygens (including phenoxy) is 1. The zero-order chi connectivity index (χ0) is 19.6. The van der Waals surface area contributed by atoms with Crippen LogP contribution in [0.1, 0.15) is 26.5 Å². The van der Waals surface area contributed by atoms with Gasteiger partial charge in [0.1, 0.15) is 5.75 Å². The fourth-order valence-corrected chi connectivity index (χ4v) is 2.92. The lowest BCUT2D eigenvalue weighted by atomic mass is 10.1. The quantitative estimate of drug-likeness (QED) is 0.647. The van der Waals surface area contributed by atoms with Crippen LogP contribution in [0.4, 0.5) is 5.69 Å². The zero-order valence-corrected chi connectivity index (χ0v) is 16.1. The van der Waals surface area contributed by atoms with Crippen LogP contribution >= 0.6 is 15.9 Å². The molecule has 27 heavy (non-hydrogen) atoms. The Kier molecular flexibility index (Phi) is 5.22. The van der Waals surface area contributed by atoms with Crippen LogP contribution in [0.25, 0.3) is 5.69 Å². The molecule has 8 nitrogen and oxygen atoms in total. The maximum Gasteiger partial charge on any atom is 0.278 e. The number of carbonyl (C=O) groups is 2. The summed E-state index contributed by atoms with van der Waals surface area (Å²) in [4.78, 5) is 24.1. The Morgan fingerprint density at radius 3 is 2.67 bits per heavy atom. The van der Waals surface area contributed by atoms with Gasteiger partial charge in [-0.1, -0.05) is 27.2 Å². The third-order valence-electron chi connectivity index (χ3n) is 3.89. The van der Waals surface area contributed by atoms with Crippen molar-refractivity contribution in [1.29, 1.82) is 0 Å². The molecule has 0 fully saturated rings. The number of nitrogens with zero attached hydrogens (tertiary/aromatic N) is 3. The normalized spacial score (nSPS) is 10.5. The first-order chi connectivity index (χ1) is 12.9. The number of hydrogen-bond acceptors (Lipinski definition) is 5. The Labute approximate surface area is 163 Å². The van der Waals surface area contributed by atoms with Crippen molar-refractivity contribution in [3.63, 3.8) is 0 Å². The fraction of sp³-hybridized carbons (Fsp3) is 0.111. The minimum atomic E-state index is -0.607. The molecule has 0 radical (unpaired) electrons. The van der Waals surface area contributed by atoms with Crippen molar-refractivity contribution in [3.8, 4) is 11.4 Å². The predicted octanol–water partition coefficient (Wildman–Crippen LogP) is 2.70. The minimum absolute atomic E-state index is 0.154. The van der Waals surface area contributed by atoms with Crippen LogP contribution in [0, 0.1) is 6.92 Å². The highest BCUT2D eigenvalue weighted by molar-refractivity contribution is 9.10. The second-order valence-corrected chi connectivity index (χ2v) is 6.56. The molecule has 0 saturated carbocycles. The molecule has 0 bridgehead atoms. The van der Waals surface area contributed by atoms with Crippen molar-refractivity contribution in [2.45, 2.75) is 6.92 Å². The van der Waals surface area contributed by atoms with E-state index in [-0.39, 0.29) is 11.3 Å². The average molecular weight is 430 g/mol. The molecule has 138 valence electrons. The third-order valence-corrected chi connectivity index (χ3v) is 4.39. The number of amides is 2. The summed E-state index contributed by atoms with van der Waals surface area (Å²) < 4.78 is 7.67. The van der Waals surface area contributed by atoms with Gasteiger partial charge in [0.15, 0.2) is 5.69 Å². The number of anilines is 1. The number of primary amides is 1. The summed E-state index contributed by atoms with van der Waals surface area (Å²) in [5, 5.41) is 10.7. The van der Waals surface area contributed by atoms with E-state index >= 15 is 0 Å². The number of carbonyl (C=O) groups excluding carboxylic acids is 2. The molecule has 0 aliphatic heterocycles. The van der Waals surface area contributed by atoms with Gasteiger partial charge in [-0.3, -0.25) is 9.59 Å². The standard InChI is InChI=1S/C18H16BrN5O3/c1-10-16(22-23-24(10)13-5-3-4-12(19)9-13)18(26)21-14-8-11(17(20)25)6-7-15(14)27-2/h3-9H,1-2H3,(H2,20,25)(H,21,26). The van der Waals surface area contributed by atoms with Gasteiger partial charge in [0.2, 0.25) is 5.91 Å². The number of halogens is 1. The summed E-state index contributed by atoms with van der Waals surface area (Å²) in [5.74, 6) is -0.691. The zero-order valence-electron chi connectivity index (χ0n) is 14.6. The maximum atomic E-state index is 12.7. The van der Waals surface area contributed by atoms with E-state index in [4.69, 9.17) is 10.5 Å². The monoisotopic (exact) mass is 429 g/mol. The Morgan fingerprint density at radius 1 is 1.22 bits per heavy atom. The number of hydrogen-bond donors (Lipinski definition) is 2. The van der Waals surface area contributed by atoms with Gasteiger partial charge in [0.05, 0.1) is 24.2 Å². The SMILES string of the molecule is COc1ccc(C(N)=O)cc1NC(=O)c1nnn(-c2cccc(Br)c2)c1C. The van der Waals surface area contributed by atoms with Gasteiger partial charge in [-0.25, -0.2) is 4.68 Å². The topological polar surface area (TPSA) is 112 Å². The van der Waals surface area contributed by atoms with Gasteiger partial charge < -0.3 is 15.8 Å². The molecule has 0 atom stereocenters. The summed E-state index contributed by atoms with van der Waals surface area (Å²) in [6.45, 7) is 1.74. The summed E-state index contributed by atoms with van der Waals surface area (Å²) in [5.41, 5.74) is 7.35. The van der Waals surface area contributed by atoms with Gasteiger partial charge in [-0.05, 0) is 43.3 Å². The van der Waals surface area contributed by atoms with E-state index in [2.05, 4.69) is 31.6 Å². The Hall–Kier alpha value is -3.20. The fourth-order valence-electron chi connectivity index (χ4n) is 2.53. The van der Waals surface area contributed by atoms with Crippen molar-refractivity contribution in [2.24, 2.45) is 5.73 Å². The molecule has 0 unspecified atom stereocenters. The van der Waals surface area contributed by atoms with Crippen LogP contribution in [0.15, 0.2) is 46.9 Å². The Balaban J connectivity index is 1.92. The molecule has 1 aromatic heterocycles. The molecule has 2 amide bonds. The first kappa shape index (κ1) is 18.6. The minimum Gasteiger partial charge on any atom is -0.495 e. The third kappa shape index (κ3) is 3.82. The molecule has 3 rings (SSSR count). The largest absolute Gasteiger partial charge is 0.495 e. The molecule has 0 aliphatic carbocycles. The number of benzene rings is 2. The molecule has 0 spiro atoms. The van der Waals surface area contributed by atoms with Crippen LogP contribution in [0.2, 0.25) is 0 Å². The van der Waals surface area contributed by atoms with Crippen molar-refractivity contribution >= 4 is 33.4 Å². The lowest BCUT2D eigenvalue weighted by molar-refractivity contribution is 0.0995. The van der Waals surface area contributed by atoms with E-state index in [9.17, 15) is 9.59 Å². The Morgan fingerprint density at radius 2 is 2.00 bits per heavy atom. The van der Waals surface area contributed by atoms with Crippen LogP contribution in [0.3, 0.4) is 0 Å². The number of nitrogens with two attached hydrogens (primary N) is 1. The van der Waals surface area contributed by atoms with Gasteiger partial charge >= 0.3 is 0 Å². The second-order valence-electron chi connectivity index (χ2n) is 5.65. The predicted molar refractivity (Wildman–Crippen MR) is 103 cm³/mol. The molecule has 9 heteroatoms. The first-order valence-electron chi connectivity index (χ1n) is 7.88. The van der Waals surface area contributed by atoms with E-state index in [1.54, 1.807) is 17.7 Å². The van der Waals surface area contributed by atoms with E-state index in [0.29, 0.717) is 17.1 Å². The lowest BCUT2D eigenvalue weighted by Gasteiger charge is -2.11. The maximum absolute atomic E-state index is 12.7. The van der Waals surface area contributed by atoms with Gasteiger partial charge in [0.25, 0.3) is 5.91 Å². The van der Waals surface area contributed by atoms with Crippen LogP contribution in [-0.4, -0.2) is 33.9 Å². The van der Waals surface area contributed by atoms with Crippen molar-refractivity contribution in [2.75, 3.05) is 12.4 Å². The van der Waals surface area contributed by atoms with Gasteiger partial charge in [-0.15, -0.1) is 5.10 Å². The van der Waals surface area contributed by atoms with Gasteiger partial charge in [-0.2, -0.15) is 0 Å². The van der Waals surface area contributed by atoms with E-state index in [1.165, 1.54) is 19.2 Å². The van der Waals surface area contributed by atoms with E-state index < -0.39 is 11.8 Å². The van der Waals surface area contributed by atoms with Crippen molar-refractivity contribution in [1.82, 2.24) is 15.0 Å². The van der Waals surface area contributed by atoms with E-state index in [0.717, 1.165) is 10.2 Å². The molecule has 0 saturated heterocycles. The molecular weight excluding hydrogens is 414 g/mol. The average Bonchev–Trinajstić information content (AvgIpc) is 3.03. The highest BCUT2D eigenvalue weighted by Gasteiger charge is 2.19. The number of aromatic nitrogens is 3. The summed E-state index contributed by atoms with van der Waals surface area (Å²) in [7, 11) is 1.46.